The molecular weight excluding hydrogens is 344 g/mol. The number of amides is 1. The van der Waals surface area contributed by atoms with E-state index in [0.29, 0.717) is 30.7 Å². The highest BCUT2D eigenvalue weighted by Crippen LogP contribution is 2.19. The molecule has 0 radical (unpaired) electrons. The first-order chi connectivity index (χ1) is 13.3. The van der Waals surface area contributed by atoms with Gasteiger partial charge >= 0.3 is 0 Å². The predicted octanol–water partition coefficient (Wildman–Crippen LogP) is 1.97. The van der Waals surface area contributed by atoms with Crippen LogP contribution < -0.4 is 5.32 Å². The zero-order valence-corrected chi connectivity index (χ0v) is 15.0. The Balaban J connectivity index is 1.41. The molecule has 1 N–H and O–H groups in total. The Labute approximate surface area is 157 Å². The van der Waals surface area contributed by atoms with Crippen LogP contribution in [0.1, 0.15) is 17.9 Å². The highest BCUT2D eigenvalue weighted by Gasteiger charge is 2.25. The molecule has 1 atom stereocenters. The van der Waals surface area contributed by atoms with Gasteiger partial charge in [-0.2, -0.15) is 5.10 Å². The van der Waals surface area contributed by atoms with E-state index in [9.17, 15) is 4.79 Å². The molecule has 8 heteroatoms. The van der Waals surface area contributed by atoms with Gasteiger partial charge in [0.05, 0.1) is 24.9 Å². The van der Waals surface area contributed by atoms with Crippen molar-refractivity contribution in [3.63, 3.8) is 0 Å². The van der Waals surface area contributed by atoms with Crippen LogP contribution in [0.5, 0.6) is 0 Å². The number of fused-ring (bicyclic) bond motifs is 1. The molecular formula is C19H22N6O2. The van der Waals surface area contributed by atoms with E-state index in [4.69, 9.17) is 4.42 Å². The second-order valence-electron chi connectivity index (χ2n) is 6.69. The summed E-state index contributed by atoms with van der Waals surface area (Å²) in [6.45, 7) is 2.81. The molecule has 0 saturated carbocycles. The number of hydrogen-bond donors (Lipinski definition) is 1. The summed E-state index contributed by atoms with van der Waals surface area (Å²) in [6.07, 6.45) is 7.99. The Morgan fingerprint density at radius 1 is 1.19 bits per heavy atom. The Hall–Kier alpha value is -3.16. The summed E-state index contributed by atoms with van der Waals surface area (Å²) in [5, 5.41) is 7.66. The number of carbonyl (C=O) groups excluding carboxylic acids is 1. The minimum atomic E-state index is 0.0731. The minimum Gasteiger partial charge on any atom is -0.469 e. The van der Waals surface area contributed by atoms with Crippen LogP contribution in [0, 0.1) is 5.92 Å². The van der Waals surface area contributed by atoms with Crippen molar-refractivity contribution < 1.29 is 9.21 Å². The van der Waals surface area contributed by atoms with Gasteiger partial charge in [0.2, 0.25) is 11.9 Å². The summed E-state index contributed by atoms with van der Waals surface area (Å²) >= 11 is 0. The Morgan fingerprint density at radius 2 is 2.07 bits per heavy atom. The maximum atomic E-state index is 12.8. The van der Waals surface area contributed by atoms with Gasteiger partial charge in [-0.3, -0.25) is 9.48 Å². The van der Waals surface area contributed by atoms with Gasteiger partial charge in [0, 0.05) is 38.2 Å². The molecule has 140 valence electrons. The maximum Gasteiger partial charge on any atom is 0.230 e. The summed E-state index contributed by atoms with van der Waals surface area (Å²) < 4.78 is 7.34. The highest BCUT2D eigenvalue weighted by atomic mass is 16.3. The lowest BCUT2D eigenvalue weighted by molar-refractivity contribution is -0.131. The van der Waals surface area contributed by atoms with Crippen LogP contribution in [0.15, 0.2) is 53.5 Å². The molecule has 4 heterocycles. The van der Waals surface area contributed by atoms with Gasteiger partial charge in [-0.15, -0.1) is 0 Å². The van der Waals surface area contributed by atoms with E-state index in [2.05, 4.69) is 20.4 Å². The molecule has 1 amide bonds. The number of rotatable bonds is 6. The fourth-order valence-electron chi connectivity index (χ4n) is 3.36. The number of furan rings is 1. The molecule has 1 aliphatic heterocycles. The second kappa shape index (κ2) is 8.03. The lowest BCUT2D eigenvalue weighted by Gasteiger charge is -2.24. The van der Waals surface area contributed by atoms with Crippen molar-refractivity contribution in [2.75, 3.05) is 18.4 Å². The van der Waals surface area contributed by atoms with Crippen LogP contribution in [0.25, 0.3) is 0 Å². The summed E-state index contributed by atoms with van der Waals surface area (Å²) in [6, 6.07) is 7.41. The molecule has 1 aliphatic rings. The molecule has 0 spiro atoms. The first kappa shape index (κ1) is 17.3. The van der Waals surface area contributed by atoms with Crippen LogP contribution in [0.2, 0.25) is 0 Å². The number of hydrogen-bond acceptors (Lipinski definition) is 6. The smallest absolute Gasteiger partial charge is 0.230 e. The highest BCUT2D eigenvalue weighted by molar-refractivity contribution is 5.78. The third-order valence-electron chi connectivity index (χ3n) is 4.73. The SMILES string of the molecule is O=C(Cc1ccco1)N1Cc2ccnn2CC(CCNc2ncccn2)C1. The topological polar surface area (TPSA) is 89.1 Å². The average molecular weight is 366 g/mol. The molecule has 3 aromatic heterocycles. The van der Waals surface area contributed by atoms with Crippen LogP contribution in [-0.2, 0) is 24.3 Å². The van der Waals surface area contributed by atoms with Crippen molar-refractivity contribution in [2.45, 2.75) is 25.9 Å². The van der Waals surface area contributed by atoms with E-state index in [1.807, 2.05) is 21.7 Å². The van der Waals surface area contributed by atoms with E-state index in [1.165, 1.54) is 0 Å². The number of nitrogens with one attached hydrogen (secondary N) is 1. The van der Waals surface area contributed by atoms with Crippen molar-refractivity contribution in [3.05, 3.63) is 60.6 Å². The molecule has 27 heavy (non-hydrogen) atoms. The molecule has 3 aromatic rings. The van der Waals surface area contributed by atoms with E-state index in [1.54, 1.807) is 37.0 Å². The monoisotopic (exact) mass is 366 g/mol. The van der Waals surface area contributed by atoms with Crippen molar-refractivity contribution in [1.29, 1.82) is 0 Å². The molecule has 0 saturated heterocycles. The Bertz CT molecular complexity index is 861. The van der Waals surface area contributed by atoms with E-state index in [0.717, 1.165) is 25.2 Å². The number of aromatic nitrogens is 4. The van der Waals surface area contributed by atoms with Crippen molar-refractivity contribution in [3.8, 4) is 0 Å². The Morgan fingerprint density at radius 3 is 2.89 bits per heavy atom. The van der Waals surface area contributed by atoms with Crippen LogP contribution >= 0.6 is 0 Å². The summed E-state index contributed by atoms with van der Waals surface area (Å²) in [5.74, 6) is 1.68. The van der Waals surface area contributed by atoms with Gasteiger partial charge in [-0.05, 0) is 36.6 Å². The van der Waals surface area contributed by atoms with Gasteiger partial charge < -0.3 is 14.6 Å². The Kier molecular flexibility index (Phi) is 5.13. The van der Waals surface area contributed by atoms with E-state index < -0.39 is 0 Å². The molecule has 0 bridgehead atoms. The zero-order valence-electron chi connectivity index (χ0n) is 15.0. The summed E-state index contributed by atoms with van der Waals surface area (Å²) in [7, 11) is 0. The largest absolute Gasteiger partial charge is 0.469 e. The molecule has 1 unspecified atom stereocenters. The minimum absolute atomic E-state index is 0.0731. The third kappa shape index (κ3) is 4.33. The molecule has 0 aliphatic carbocycles. The maximum absolute atomic E-state index is 12.8. The van der Waals surface area contributed by atoms with Gasteiger partial charge in [-0.1, -0.05) is 0 Å². The predicted molar refractivity (Wildman–Crippen MR) is 98.7 cm³/mol. The molecule has 0 aromatic carbocycles. The van der Waals surface area contributed by atoms with Crippen LogP contribution in [-0.4, -0.2) is 43.6 Å². The van der Waals surface area contributed by atoms with E-state index in [-0.39, 0.29) is 12.3 Å². The normalized spacial score (nSPS) is 16.6. The van der Waals surface area contributed by atoms with Crippen molar-refractivity contribution >= 4 is 11.9 Å². The lowest BCUT2D eigenvalue weighted by Crippen LogP contribution is -2.35. The van der Waals surface area contributed by atoms with Gasteiger partial charge in [0.25, 0.3) is 0 Å². The molecule has 8 nitrogen and oxygen atoms in total. The number of anilines is 1. The van der Waals surface area contributed by atoms with Gasteiger partial charge in [-0.25, -0.2) is 9.97 Å². The summed E-state index contributed by atoms with van der Waals surface area (Å²) in [4.78, 5) is 23.1. The lowest BCUT2D eigenvalue weighted by atomic mass is 10.0. The number of carbonyl (C=O) groups is 1. The summed E-state index contributed by atoms with van der Waals surface area (Å²) in [5.41, 5.74) is 1.06. The second-order valence-corrected chi connectivity index (χ2v) is 6.69. The van der Waals surface area contributed by atoms with Gasteiger partial charge in [0.1, 0.15) is 5.76 Å². The third-order valence-corrected chi connectivity index (χ3v) is 4.73. The fraction of sp³-hybridized carbons (Fsp3) is 0.368. The fourth-order valence-corrected chi connectivity index (χ4v) is 3.36. The van der Waals surface area contributed by atoms with Gasteiger partial charge in [0.15, 0.2) is 0 Å². The van der Waals surface area contributed by atoms with E-state index >= 15 is 0 Å². The quantitative estimate of drug-likeness (QED) is 0.717. The van der Waals surface area contributed by atoms with Crippen molar-refractivity contribution in [1.82, 2.24) is 24.6 Å². The zero-order chi connectivity index (χ0) is 18.5. The molecule has 0 fully saturated rings. The van der Waals surface area contributed by atoms with Crippen LogP contribution in [0.4, 0.5) is 5.95 Å². The average Bonchev–Trinajstić information content (AvgIpc) is 3.31. The number of nitrogens with zero attached hydrogens (tertiary/aromatic N) is 5. The standard InChI is InChI=1S/C19H22N6O2/c26-18(11-17-3-1-10-27-17)24-12-15(13-25-16(14-24)5-9-23-25)4-8-22-19-20-6-2-7-21-19/h1-3,5-7,9-10,15H,4,8,11-14H2,(H,20,21,22). The van der Waals surface area contributed by atoms with Crippen molar-refractivity contribution in [2.24, 2.45) is 5.92 Å². The molecule has 4 rings (SSSR count). The first-order valence-corrected chi connectivity index (χ1v) is 9.09. The first-order valence-electron chi connectivity index (χ1n) is 9.09. The van der Waals surface area contributed by atoms with Crippen LogP contribution in [0.3, 0.4) is 0 Å².